The van der Waals surface area contributed by atoms with Crippen molar-refractivity contribution in [3.8, 4) is 16.9 Å². The molecule has 7 heteroatoms. The second kappa shape index (κ2) is 9.32. The third-order valence-electron chi connectivity index (χ3n) is 5.64. The summed E-state index contributed by atoms with van der Waals surface area (Å²) in [6, 6.07) is 19.8. The number of ether oxygens (including phenoxy) is 2. The van der Waals surface area contributed by atoms with Crippen molar-refractivity contribution in [2.24, 2.45) is 0 Å². The number of halogens is 1. The second-order valence-electron chi connectivity index (χ2n) is 7.49. The highest BCUT2D eigenvalue weighted by Crippen LogP contribution is 2.44. The van der Waals surface area contributed by atoms with Crippen LogP contribution in [-0.4, -0.2) is 36.9 Å². The lowest BCUT2D eigenvalue weighted by Gasteiger charge is -2.19. The van der Waals surface area contributed by atoms with Crippen molar-refractivity contribution < 1.29 is 24.2 Å². The van der Waals surface area contributed by atoms with E-state index in [-0.39, 0.29) is 18.9 Å². The molecule has 32 heavy (non-hydrogen) atoms. The van der Waals surface area contributed by atoms with Gasteiger partial charge in [-0.1, -0.05) is 66.2 Å². The normalized spacial score (nSPS) is 13.1. The van der Waals surface area contributed by atoms with Gasteiger partial charge in [-0.15, -0.1) is 0 Å². The van der Waals surface area contributed by atoms with Crippen LogP contribution < -0.4 is 10.1 Å². The van der Waals surface area contributed by atoms with Gasteiger partial charge in [-0.2, -0.15) is 0 Å². The highest BCUT2D eigenvalue weighted by molar-refractivity contribution is 6.31. The standard InChI is InChI=1S/C25H22ClNO5/c1-31-23-12-6-11-21(26)19(23)13-22(24(28)29)27-25(30)32-14-20-17-9-4-2-7-15(17)16-8-3-5-10-18(16)20/h2-12,20,22H,13-14H2,1H3,(H,27,30)(H,28,29). The topological polar surface area (TPSA) is 84.9 Å². The highest BCUT2D eigenvalue weighted by Gasteiger charge is 2.30. The summed E-state index contributed by atoms with van der Waals surface area (Å²) in [7, 11) is 1.48. The molecule has 6 nitrogen and oxygen atoms in total. The number of methoxy groups -OCH3 is 1. The van der Waals surface area contributed by atoms with E-state index in [1.165, 1.54) is 7.11 Å². The van der Waals surface area contributed by atoms with Crippen LogP contribution in [0.1, 0.15) is 22.6 Å². The second-order valence-corrected chi connectivity index (χ2v) is 7.89. The van der Waals surface area contributed by atoms with E-state index in [1.54, 1.807) is 18.2 Å². The molecular weight excluding hydrogens is 430 g/mol. The van der Waals surface area contributed by atoms with Gasteiger partial charge in [0.2, 0.25) is 0 Å². The maximum Gasteiger partial charge on any atom is 0.407 e. The Morgan fingerprint density at radius 1 is 1.00 bits per heavy atom. The zero-order valence-corrected chi connectivity index (χ0v) is 18.1. The van der Waals surface area contributed by atoms with Gasteiger partial charge in [0.25, 0.3) is 0 Å². The van der Waals surface area contributed by atoms with Gasteiger partial charge in [0.1, 0.15) is 18.4 Å². The van der Waals surface area contributed by atoms with Crippen molar-refractivity contribution >= 4 is 23.7 Å². The number of benzene rings is 3. The highest BCUT2D eigenvalue weighted by atomic mass is 35.5. The van der Waals surface area contributed by atoms with Crippen LogP contribution in [0.4, 0.5) is 4.79 Å². The van der Waals surface area contributed by atoms with E-state index in [1.807, 2.05) is 48.5 Å². The van der Waals surface area contributed by atoms with Gasteiger partial charge in [-0.05, 0) is 34.4 Å². The molecule has 4 rings (SSSR count). The molecule has 1 unspecified atom stereocenters. The molecule has 1 aliphatic rings. The maximum atomic E-state index is 12.5. The molecule has 0 radical (unpaired) electrons. The van der Waals surface area contributed by atoms with Crippen molar-refractivity contribution in [3.63, 3.8) is 0 Å². The van der Waals surface area contributed by atoms with Crippen LogP contribution in [0, 0.1) is 0 Å². The van der Waals surface area contributed by atoms with Crippen molar-refractivity contribution in [3.05, 3.63) is 88.4 Å². The lowest BCUT2D eigenvalue weighted by Crippen LogP contribution is -2.43. The van der Waals surface area contributed by atoms with Gasteiger partial charge >= 0.3 is 12.1 Å². The van der Waals surface area contributed by atoms with Gasteiger partial charge in [-0.3, -0.25) is 0 Å². The van der Waals surface area contributed by atoms with E-state index in [0.29, 0.717) is 16.3 Å². The zero-order chi connectivity index (χ0) is 22.7. The number of nitrogens with one attached hydrogen (secondary N) is 1. The molecule has 3 aromatic carbocycles. The van der Waals surface area contributed by atoms with Gasteiger partial charge in [-0.25, -0.2) is 9.59 Å². The first kappa shape index (κ1) is 21.7. The molecule has 0 saturated heterocycles. The Morgan fingerprint density at radius 2 is 1.62 bits per heavy atom. The average molecular weight is 452 g/mol. The first-order chi connectivity index (χ1) is 15.5. The van der Waals surface area contributed by atoms with Crippen LogP contribution >= 0.6 is 11.6 Å². The van der Waals surface area contributed by atoms with E-state index in [2.05, 4.69) is 5.32 Å². The fourth-order valence-corrected chi connectivity index (χ4v) is 4.36. The number of carboxylic acid groups (broad SMARTS) is 1. The summed E-state index contributed by atoms with van der Waals surface area (Å²) in [6.45, 7) is 0.0988. The fraction of sp³-hybridized carbons (Fsp3) is 0.200. The first-order valence-corrected chi connectivity index (χ1v) is 10.5. The summed E-state index contributed by atoms with van der Waals surface area (Å²) >= 11 is 6.22. The van der Waals surface area contributed by atoms with Crippen LogP contribution in [0.5, 0.6) is 5.75 Å². The summed E-state index contributed by atoms with van der Waals surface area (Å²) in [5.74, 6) is -0.848. The molecule has 1 aliphatic carbocycles. The van der Waals surface area contributed by atoms with Gasteiger partial charge in [0.05, 0.1) is 7.11 Å². The number of carbonyl (C=O) groups is 2. The molecule has 0 heterocycles. The molecule has 1 amide bonds. The monoisotopic (exact) mass is 451 g/mol. The molecule has 0 aromatic heterocycles. The maximum absolute atomic E-state index is 12.5. The van der Waals surface area contributed by atoms with E-state index in [4.69, 9.17) is 21.1 Å². The summed E-state index contributed by atoms with van der Waals surface area (Å²) in [5.41, 5.74) is 4.90. The number of carboxylic acids is 1. The number of hydrogen-bond donors (Lipinski definition) is 2. The molecule has 164 valence electrons. The number of aliphatic carboxylic acids is 1. The van der Waals surface area contributed by atoms with Crippen molar-refractivity contribution in [1.29, 1.82) is 0 Å². The Morgan fingerprint density at radius 3 is 2.22 bits per heavy atom. The number of fused-ring (bicyclic) bond motifs is 3. The minimum Gasteiger partial charge on any atom is -0.496 e. The molecular formula is C25H22ClNO5. The molecule has 0 bridgehead atoms. The van der Waals surface area contributed by atoms with Gasteiger partial charge < -0.3 is 19.9 Å². The molecule has 0 saturated carbocycles. The molecule has 0 fully saturated rings. The number of rotatable bonds is 7. The van der Waals surface area contributed by atoms with Crippen LogP contribution in [0.15, 0.2) is 66.7 Å². The fourth-order valence-electron chi connectivity index (χ4n) is 4.11. The number of alkyl carbamates (subject to hydrolysis) is 1. The van der Waals surface area contributed by atoms with Crippen molar-refractivity contribution in [1.82, 2.24) is 5.32 Å². The van der Waals surface area contributed by atoms with E-state index >= 15 is 0 Å². The SMILES string of the molecule is COc1cccc(Cl)c1CC(NC(=O)OCC1c2ccccc2-c2ccccc21)C(=O)O. The van der Waals surface area contributed by atoms with E-state index in [9.17, 15) is 14.7 Å². The van der Waals surface area contributed by atoms with E-state index in [0.717, 1.165) is 22.3 Å². The Bertz CT molecular complexity index is 1120. The van der Waals surface area contributed by atoms with Crippen molar-refractivity contribution in [2.75, 3.05) is 13.7 Å². The Balaban J connectivity index is 1.46. The quantitative estimate of drug-likeness (QED) is 0.534. The zero-order valence-electron chi connectivity index (χ0n) is 17.4. The van der Waals surface area contributed by atoms with Crippen LogP contribution in [0.2, 0.25) is 5.02 Å². The Kier molecular flexibility index (Phi) is 6.32. The van der Waals surface area contributed by atoms with Gasteiger partial charge in [0, 0.05) is 22.9 Å². The summed E-state index contributed by atoms with van der Waals surface area (Å²) in [4.78, 5) is 24.3. The Labute approximate surface area is 190 Å². The predicted molar refractivity (Wildman–Crippen MR) is 121 cm³/mol. The summed E-state index contributed by atoms with van der Waals surface area (Å²) in [6.07, 6.45) is -0.840. The van der Waals surface area contributed by atoms with Crippen LogP contribution in [0.3, 0.4) is 0 Å². The number of amides is 1. The predicted octanol–water partition coefficient (Wildman–Crippen LogP) is 4.88. The van der Waals surface area contributed by atoms with Gasteiger partial charge in [0.15, 0.2) is 0 Å². The summed E-state index contributed by atoms with van der Waals surface area (Å²) in [5, 5.41) is 12.4. The first-order valence-electron chi connectivity index (χ1n) is 10.1. The van der Waals surface area contributed by atoms with E-state index < -0.39 is 18.1 Å². The molecule has 2 N–H and O–H groups in total. The van der Waals surface area contributed by atoms with Crippen LogP contribution in [-0.2, 0) is 16.0 Å². The summed E-state index contributed by atoms with van der Waals surface area (Å²) < 4.78 is 10.7. The number of hydrogen-bond acceptors (Lipinski definition) is 4. The molecule has 3 aromatic rings. The third kappa shape index (κ3) is 4.27. The third-order valence-corrected chi connectivity index (χ3v) is 5.99. The number of carbonyl (C=O) groups excluding carboxylic acids is 1. The average Bonchev–Trinajstić information content (AvgIpc) is 3.12. The minimum absolute atomic E-state index is 0.0393. The largest absolute Gasteiger partial charge is 0.496 e. The van der Waals surface area contributed by atoms with Crippen LogP contribution in [0.25, 0.3) is 11.1 Å². The van der Waals surface area contributed by atoms with Crippen molar-refractivity contribution in [2.45, 2.75) is 18.4 Å². The molecule has 0 aliphatic heterocycles. The smallest absolute Gasteiger partial charge is 0.407 e. The lowest BCUT2D eigenvalue weighted by atomic mass is 9.98. The lowest BCUT2D eigenvalue weighted by molar-refractivity contribution is -0.139. The molecule has 1 atom stereocenters. The molecule has 0 spiro atoms. The minimum atomic E-state index is -1.22. The Hall–Kier alpha value is -3.51.